The van der Waals surface area contributed by atoms with E-state index in [1.165, 1.54) is 12.8 Å². The van der Waals surface area contributed by atoms with Gasteiger partial charge >= 0.3 is 0 Å². The lowest BCUT2D eigenvalue weighted by Crippen LogP contribution is -2.13. The van der Waals surface area contributed by atoms with Crippen molar-refractivity contribution in [2.24, 2.45) is 5.73 Å². The number of hydrogen-bond acceptors (Lipinski definition) is 3. The van der Waals surface area contributed by atoms with E-state index in [9.17, 15) is 0 Å². The van der Waals surface area contributed by atoms with E-state index in [1.54, 1.807) is 0 Å². The van der Waals surface area contributed by atoms with Crippen molar-refractivity contribution in [3.05, 3.63) is 35.7 Å². The molecule has 0 aliphatic heterocycles. The van der Waals surface area contributed by atoms with E-state index < -0.39 is 0 Å². The zero-order valence-corrected chi connectivity index (χ0v) is 10.9. The third kappa shape index (κ3) is 4.65. The van der Waals surface area contributed by atoms with Crippen LogP contribution in [0.5, 0.6) is 0 Å². The molecular weight excluding hydrogens is 210 g/mol. The Bertz CT molecular complexity index is 360. The van der Waals surface area contributed by atoms with Crippen molar-refractivity contribution in [1.82, 2.24) is 10.2 Å². The summed E-state index contributed by atoms with van der Waals surface area (Å²) in [7, 11) is 0. The molecule has 1 heterocycles. The van der Waals surface area contributed by atoms with Crippen LogP contribution < -0.4 is 5.73 Å². The molecular formula is C14H23N3. The molecule has 3 nitrogen and oxygen atoms in total. The molecule has 0 aliphatic rings. The second-order valence-electron chi connectivity index (χ2n) is 4.56. The van der Waals surface area contributed by atoms with Crippen molar-refractivity contribution in [1.29, 1.82) is 0 Å². The maximum Gasteiger partial charge on any atom is 0.0648 e. The summed E-state index contributed by atoms with van der Waals surface area (Å²) in [4.78, 5) is 0. The summed E-state index contributed by atoms with van der Waals surface area (Å²) < 4.78 is 0. The second kappa shape index (κ2) is 7.17. The molecule has 0 radical (unpaired) electrons. The Morgan fingerprint density at radius 2 is 2.06 bits per heavy atom. The van der Waals surface area contributed by atoms with E-state index in [0.29, 0.717) is 0 Å². The van der Waals surface area contributed by atoms with E-state index in [2.05, 4.69) is 22.8 Å². The van der Waals surface area contributed by atoms with Gasteiger partial charge in [-0.05, 0) is 44.7 Å². The first-order valence-corrected chi connectivity index (χ1v) is 6.32. The largest absolute Gasteiger partial charge is 0.324 e. The highest BCUT2D eigenvalue weighted by atomic mass is 15.1. The minimum atomic E-state index is 0.0907. The van der Waals surface area contributed by atoms with Gasteiger partial charge in [0, 0.05) is 6.04 Å². The lowest BCUT2D eigenvalue weighted by molar-refractivity contribution is 0.567. The van der Waals surface area contributed by atoms with Crippen LogP contribution in [0.3, 0.4) is 0 Å². The molecule has 17 heavy (non-hydrogen) atoms. The first kappa shape index (κ1) is 13.8. The predicted octanol–water partition coefficient (Wildman–Crippen LogP) is 3.23. The molecule has 1 atom stereocenters. The minimum absolute atomic E-state index is 0.0907. The van der Waals surface area contributed by atoms with Crippen LogP contribution in [0.2, 0.25) is 0 Å². The van der Waals surface area contributed by atoms with E-state index in [1.807, 2.05) is 19.9 Å². The van der Waals surface area contributed by atoms with Crippen LogP contribution in [-0.4, -0.2) is 10.2 Å². The lowest BCUT2D eigenvalue weighted by Gasteiger charge is -2.13. The molecule has 0 saturated heterocycles. The molecule has 0 bridgehead atoms. The fraction of sp³-hybridized carbons (Fsp3) is 0.571. The second-order valence-corrected chi connectivity index (χ2v) is 4.56. The van der Waals surface area contributed by atoms with Gasteiger partial charge in [0.05, 0.1) is 11.4 Å². The summed E-state index contributed by atoms with van der Waals surface area (Å²) in [5, 5.41) is 8.14. The monoisotopic (exact) mass is 233 g/mol. The molecule has 0 aromatic carbocycles. The fourth-order valence-electron chi connectivity index (χ4n) is 1.93. The molecule has 0 saturated carbocycles. The van der Waals surface area contributed by atoms with Crippen LogP contribution in [0.15, 0.2) is 18.7 Å². The summed E-state index contributed by atoms with van der Waals surface area (Å²) in [6.45, 7) is 7.65. The Balaban J connectivity index is 2.43. The summed E-state index contributed by atoms with van der Waals surface area (Å²) in [6.07, 6.45) is 7.68. The number of unbranched alkanes of at least 4 members (excludes halogenated alkanes) is 3. The molecule has 0 aliphatic carbocycles. The normalized spacial score (nSPS) is 12.4. The fourth-order valence-corrected chi connectivity index (χ4v) is 1.93. The molecule has 1 rings (SSSR count). The standard InChI is InChI=1S/C14H23N3/c1-4-5-6-7-8-9-14(15)13-10-11(2)16-17-12(13)3/h4,10,14H,1,5-9,15H2,2-3H3. The minimum Gasteiger partial charge on any atom is -0.324 e. The van der Waals surface area contributed by atoms with Crippen LogP contribution in [0.4, 0.5) is 0 Å². The highest BCUT2D eigenvalue weighted by Crippen LogP contribution is 2.20. The van der Waals surface area contributed by atoms with Gasteiger partial charge in [-0.3, -0.25) is 0 Å². The molecule has 1 unspecified atom stereocenters. The smallest absolute Gasteiger partial charge is 0.0648 e. The highest BCUT2D eigenvalue weighted by Gasteiger charge is 2.10. The molecule has 0 amide bonds. The lowest BCUT2D eigenvalue weighted by atomic mass is 10.00. The van der Waals surface area contributed by atoms with Gasteiger partial charge in [0.1, 0.15) is 0 Å². The molecule has 0 fully saturated rings. The SMILES string of the molecule is C=CCCCCCC(N)c1cc(C)nnc1C. The van der Waals surface area contributed by atoms with E-state index in [0.717, 1.165) is 36.2 Å². The van der Waals surface area contributed by atoms with E-state index in [4.69, 9.17) is 5.73 Å². The molecule has 94 valence electrons. The van der Waals surface area contributed by atoms with Crippen molar-refractivity contribution < 1.29 is 0 Å². The van der Waals surface area contributed by atoms with Crippen LogP contribution in [0.1, 0.15) is 55.1 Å². The van der Waals surface area contributed by atoms with Crippen molar-refractivity contribution in [2.75, 3.05) is 0 Å². The van der Waals surface area contributed by atoms with Crippen molar-refractivity contribution in [2.45, 2.75) is 52.0 Å². The Kier molecular flexibility index (Phi) is 5.84. The van der Waals surface area contributed by atoms with Crippen molar-refractivity contribution in [3.8, 4) is 0 Å². The molecule has 2 N–H and O–H groups in total. The van der Waals surface area contributed by atoms with Crippen LogP contribution >= 0.6 is 0 Å². The Labute approximate surface area is 104 Å². The number of rotatable bonds is 7. The zero-order valence-electron chi connectivity index (χ0n) is 10.9. The number of aryl methyl sites for hydroxylation is 2. The van der Waals surface area contributed by atoms with Gasteiger partial charge in [-0.2, -0.15) is 10.2 Å². The summed E-state index contributed by atoms with van der Waals surface area (Å²) in [5.41, 5.74) is 9.22. The third-order valence-corrected chi connectivity index (χ3v) is 2.96. The quantitative estimate of drug-likeness (QED) is 0.581. The van der Waals surface area contributed by atoms with Crippen LogP contribution in [0.25, 0.3) is 0 Å². The zero-order chi connectivity index (χ0) is 12.7. The van der Waals surface area contributed by atoms with Gasteiger partial charge in [0.2, 0.25) is 0 Å². The number of aromatic nitrogens is 2. The van der Waals surface area contributed by atoms with Gasteiger partial charge < -0.3 is 5.73 Å². The predicted molar refractivity (Wildman–Crippen MR) is 71.7 cm³/mol. The Hall–Kier alpha value is -1.22. The first-order chi connectivity index (χ1) is 8.15. The summed E-state index contributed by atoms with van der Waals surface area (Å²) in [5.74, 6) is 0. The van der Waals surface area contributed by atoms with Gasteiger partial charge in [-0.1, -0.05) is 18.9 Å². The Morgan fingerprint density at radius 1 is 1.29 bits per heavy atom. The Morgan fingerprint density at radius 3 is 2.76 bits per heavy atom. The number of allylic oxidation sites excluding steroid dienone is 1. The van der Waals surface area contributed by atoms with E-state index >= 15 is 0 Å². The van der Waals surface area contributed by atoms with Gasteiger partial charge in [-0.15, -0.1) is 6.58 Å². The third-order valence-electron chi connectivity index (χ3n) is 2.96. The van der Waals surface area contributed by atoms with E-state index in [-0.39, 0.29) is 6.04 Å². The molecule has 1 aromatic rings. The highest BCUT2D eigenvalue weighted by molar-refractivity contribution is 5.23. The van der Waals surface area contributed by atoms with Crippen molar-refractivity contribution in [3.63, 3.8) is 0 Å². The molecule has 1 aromatic heterocycles. The topological polar surface area (TPSA) is 51.8 Å². The van der Waals surface area contributed by atoms with Gasteiger partial charge in [0.15, 0.2) is 0 Å². The van der Waals surface area contributed by atoms with Crippen LogP contribution in [0, 0.1) is 13.8 Å². The number of hydrogen-bond donors (Lipinski definition) is 1. The summed E-state index contributed by atoms with van der Waals surface area (Å²) in [6, 6.07) is 2.14. The van der Waals surface area contributed by atoms with Crippen molar-refractivity contribution >= 4 is 0 Å². The first-order valence-electron chi connectivity index (χ1n) is 6.32. The molecule has 0 spiro atoms. The number of nitrogens with two attached hydrogens (primary N) is 1. The maximum atomic E-state index is 6.19. The van der Waals surface area contributed by atoms with Crippen LogP contribution in [-0.2, 0) is 0 Å². The number of nitrogens with zero attached hydrogens (tertiary/aromatic N) is 2. The van der Waals surface area contributed by atoms with Gasteiger partial charge in [0.25, 0.3) is 0 Å². The summed E-state index contributed by atoms with van der Waals surface area (Å²) >= 11 is 0. The average molecular weight is 233 g/mol. The van der Waals surface area contributed by atoms with Gasteiger partial charge in [-0.25, -0.2) is 0 Å². The maximum absolute atomic E-state index is 6.19. The average Bonchev–Trinajstić information content (AvgIpc) is 2.32. The molecule has 3 heteroatoms.